The van der Waals surface area contributed by atoms with Crippen LogP contribution in [0.25, 0.3) is 10.8 Å². The Labute approximate surface area is 160 Å². The number of nitrogens with one attached hydrogen (secondary N) is 2. The van der Waals surface area contributed by atoms with Crippen molar-refractivity contribution < 1.29 is 0 Å². The zero-order valence-corrected chi connectivity index (χ0v) is 17.3. The zero-order valence-electron chi connectivity index (χ0n) is 17.3. The molecule has 0 heterocycles. The Morgan fingerprint density at radius 2 is 1.08 bits per heavy atom. The van der Waals surface area contributed by atoms with E-state index < -0.39 is 0 Å². The van der Waals surface area contributed by atoms with Gasteiger partial charge < -0.3 is 10.6 Å². The normalized spacial score (nSPS) is 11.8. The summed E-state index contributed by atoms with van der Waals surface area (Å²) in [5.74, 6) is 1.56. The number of hydrogen-bond acceptors (Lipinski definition) is 2. The van der Waals surface area contributed by atoms with Crippen LogP contribution in [0, 0.1) is 11.8 Å². The highest BCUT2D eigenvalue weighted by atomic mass is 14.8. The number of hydrogen-bond donors (Lipinski definition) is 2. The highest BCUT2D eigenvalue weighted by Crippen LogP contribution is 2.18. The van der Waals surface area contributed by atoms with E-state index in [4.69, 9.17) is 0 Å². The van der Waals surface area contributed by atoms with Gasteiger partial charge in [0.15, 0.2) is 0 Å². The Morgan fingerprint density at radius 1 is 0.615 bits per heavy atom. The molecule has 0 radical (unpaired) electrons. The topological polar surface area (TPSA) is 24.1 Å². The van der Waals surface area contributed by atoms with Crippen LogP contribution in [0.1, 0.15) is 51.7 Å². The predicted molar refractivity (Wildman–Crippen MR) is 116 cm³/mol. The molecule has 0 aromatic heterocycles. The molecule has 0 bridgehead atoms. The minimum atomic E-state index is 0.779. The maximum atomic E-state index is 3.56. The lowest BCUT2D eigenvalue weighted by atomic mass is 10.0. The molecular formula is C24H38N2. The lowest BCUT2D eigenvalue weighted by molar-refractivity contribution is 0.539. The number of benzene rings is 2. The van der Waals surface area contributed by atoms with Gasteiger partial charge in [-0.2, -0.15) is 0 Å². The molecule has 26 heavy (non-hydrogen) atoms. The molecule has 2 nitrogen and oxygen atoms in total. The maximum Gasteiger partial charge on any atom is -0.000835 e. The molecule has 0 amide bonds. The second kappa shape index (κ2) is 11.4. The van der Waals surface area contributed by atoms with E-state index in [1.165, 1.54) is 34.7 Å². The van der Waals surface area contributed by atoms with E-state index in [0.717, 1.165) is 50.9 Å². The van der Waals surface area contributed by atoms with Crippen LogP contribution in [-0.4, -0.2) is 26.2 Å². The molecular weight excluding hydrogens is 316 g/mol. The smallest absolute Gasteiger partial charge is 0.000835 e. The summed E-state index contributed by atoms with van der Waals surface area (Å²) in [6.45, 7) is 13.5. The molecule has 2 aromatic rings. The zero-order chi connectivity index (χ0) is 18.8. The molecule has 2 heteroatoms. The lowest BCUT2D eigenvalue weighted by Crippen LogP contribution is -2.19. The van der Waals surface area contributed by atoms with Crippen molar-refractivity contribution in [3.05, 3.63) is 47.5 Å². The summed E-state index contributed by atoms with van der Waals surface area (Å²) >= 11 is 0. The molecule has 2 N–H and O–H groups in total. The van der Waals surface area contributed by atoms with Crippen LogP contribution in [0.3, 0.4) is 0 Å². The second-order valence-corrected chi connectivity index (χ2v) is 8.38. The summed E-state index contributed by atoms with van der Waals surface area (Å²) in [5.41, 5.74) is 2.86. The van der Waals surface area contributed by atoms with E-state index >= 15 is 0 Å². The summed E-state index contributed by atoms with van der Waals surface area (Å²) in [6.07, 6.45) is 4.72. The average Bonchev–Trinajstić information content (AvgIpc) is 2.60. The van der Waals surface area contributed by atoms with Crippen molar-refractivity contribution in [3.63, 3.8) is 0 Å². The Kier molecular flexibility index (Phi) is 9.14. The first-order valence-corrected chi connectivity index (χ1v) is 10.5. The fourth-order valence-corrected chi connectivity index (χ4v) is 3.15. The molecule has 2 aromatic carbocycles. The van der Waals surface area contributed by atoms with Crippen LogP contribution >= 0.6 is 0 Å². The van der Waals surface area contributed by atoms with Crippen LogP contribution < -0.4 is 10.6 Å². The molecule has 0 aliphatic carbocycles. The average molecular weight is 355 g/mol. The van der Waals surface area contributed by atoms with E-state index in [2.05, 4.69) is 74.7 Å². The Balaban J connectivity index is 1.82. The summed E-state index contributed by atoms with van der Waals surface area (Å²) < 4.78 is 0. The molecule has 0 spiro atoms. The van der Waals surface area contributed by atoms with Crippen LogP contribution in [-0.2, 0) is 12.8 Å². The quantitative estimate of drug-likeness (QED) is 0.512. The van der Waals surface area contributed by atoms with Gasteiger partial charge in [-0.05, 0) is 85.6 Å². The van der Waals surface area contributed by atoms with Gasteiger partial charge in [-0.3, -0.25) is 0 Å². The summed E-state index contributed by atoms with van der Waals surface area (Å²) in [4.78, 5) is 0. The van der Waals surface area contributed by atoms with Crippen LogP contribution in [0.15, 0.2) is 36.4 Å². The van der Waals surface area contributed by atoms with Gasteiger partial charge in [0.25, 0.3) is 0 Å². The first-order valence-electron chi connectivity index (χ1n) is 10.5. The van der Waals surface area contributed by atoms with Crippen molar-refractivity contribution in [1.29, 1.82) is 0 Å². The maximum absolute atomic E-state index is 3.56. The van der Waals surface area contributed by atoms with Gasteiger partial charge in [-0.15, -0.1) is 0 Å². The molecule has 0 saturated carbocycles. The predicted octanol–water partition coefficient (Wildman–Crippen LogP) is 5.20. The van der Waals surface area contributed by atoms with E-state index in [0.29, 0.717) is 0 Å². The molecule has 0 aliphatic heterocycles. The van der Waals surface area contributed by atoms with Crippen molar-refractivity contribution in [1.82, 2.24) is 10.6 Å². The van der Waals surface area contributed by atoms with Gasteiger partial charge in [-0.1, -0.05) is 64.1 Å². The summed E-state index contributed by atoms with van der Waals surface area (Å²) in [6, 6.07) is 13.8. The van der Waals surface area contributed by atoms with E-state index in [1.54, 1.807) is 0 Å². The van der Waals surface area contributed by atoms with Gasteiger partial charge in [0, 0.05) is 0 Å². The third-order valence-corrected chi connectivity index (χ3v) is 4.95. The molecule has 144 valence electrons. The fraction of sp³-hybridized carbons (Fsp3) is 0.583. The third-order valence-electron chi connectivity index (χ3n) is 4.95. The summed E-state index contributed by atoms with van der Waals surface area (Å²) in [7, 11) is 0. The van der Waals surface area contributed by atoms with Gasteiger partial charge in [0.05, 0.1) is 0 Å². The largest absolute Gasteiger partial charge is 0.316 e. The Hall–Kier alpha value is -1.38. The number of fused-ring (bicyclic) bond motifs is 1. The molecule has 0 atom stereocenters. The van der Waals surface area contributed by atoms with Crippen LogP contribution in [0.2, 0.25) is 0 Å². The first kappa shape index (κ1) is 20.9. The lowest BCUT2D eigenvalue weighted by Gasteiger charge is -2.09. The van der Waals surface area contributed by atoms with E-state index in [9.17, 15) is 0 Å². The third kappa shape index (κ3) is 7.88. The second-order valence-electron chi connectivity index (χ2n) is 8.38. The molecule has 0 saturated heterocycles. The van der Waals surface area contributed by atoms with Gasteiger partial charge in [-0.25, -0.2) is 0 Å². The SMILES string of the molecule is CC(C)CCNCCc1ccc2ccc(CCNCCC(C)C)cc2c1. The first-order chi connectivity index (χ1) is 12.5. The van der Waals surface area contributed by atoms with Crippen LogP contribution in [0.5, 0.6) is 0 Å². The fourth-order valence-electron chi connectivity index (χ4n) is 3.15. The standard InChI is InChI=1S/C24H38N2/c1-19(2)9-13-25-15-11-21-5-7-23-8-6-22(18-24(23)17-21)12-16-26-14-10-20(3)4/h5-8,17-20,25-26H,9-16H2,1-4H3. The Morgan fingerprint density at radius 3 is 1.50 bits per heavy atom. The number of rotatable bonds is 12. The van der Waals surface area contributed by atoms with Crippen molar-refractivity contribution in [3.8, 4) is 0 Å². The van der Waals surface area contributed by atoms with E-state index in [-0.39, 0.29) is 0 Å². The highest BCUT2D eigenvalue weighted by molar-refractivity contribution is 5.83. The molecule has 0 unspecified atom stereocenters. The molecule has 2 rings (SSSR count). The van der Waals surface area contributed by atoms with Crippen molar-refractivity contribution in [2.24, 2.45) is 11.8 Å². The van der Waals surface area contributed by atoms with Crippen LogP contribution in [0.4, 0.5) is 0 Å². The minimum absolute atomic E-state index is 0.779. The van der Waals surface area contributed by atoms with Crippen molar-refractivity contribution in [2.45, 2.75) is 53.4 Å². The minimum Gasteiger partial charge on any atom is -0.316 e. The van der Waals surface area contributed by atoms with Crippen molar-refractivity contribution in [2.75, 3.05) is 26.2 Å². The van der Waals surface area contributed by atoms with Gasteiger partial charge in [0.1, 0.15) is 0 Å². The van der Waals surface area contributed by atoms with Gasteiger partial charge in [0.2, 0.25) is 0 Å². The molecule has 0 fully saturated rings. The highest BCUT2D eigenvalue weighted by Gasteiger charge is 2.01. The molecule has 0 aliphatic rings. The van der Waals surface area contributed by atoms with Crippen molar-refractivity contribution >= 4 is 10.8 Å². The van der Waals surface area contributed by atoms with Gasteiger partial charge >= 0.3 is 0 Å². The Bertz CT molecular complexity index is 593. The summed E-state index contributed by atoms with van der Waals surface area (Å²) in [5, 5.41) is 9.85. The monoisotopic (exact) mass is 354 g/mol. The van der Waals surface area contributed by atoms with E-state index in [1.807, 2.05) is 0 Å².